The van der Waals surface area contributed by atoms with Crippen LogP contribution in [0.15, 0.2) is 18.2 Å². The van der Waals surface area contributed by atoms with Gasteiger partial charge in [0.1, 0.15) is 11.7 Å². The second-order valence-corrected chi connectivity index (χ2v) is 3.86. The van der Waals surface area contributed by atoms with Crippen molar-refractivity contribution >= 4 is 23.3 Å². The lowest BCUT2D eigenvalue weighted by Crippen LogP contribution is -2.32. The number of hydrogen-bond donors (Lipinski definition) is 3. The molecule has 0 fully saturated rings. The van der Waals surface area contributed by atoms with Crippen LogP contribution >= 0.6 is 0 Å². The molecule has 0 aliphatic heterocycles. The van der Waals surface area contributed by atoms with E-state index >= 15 is 0 Å². The summed E-state index contributed by atoms with van der Waals surface area (Å²) in [6, 6.07) is 2.93. The number of aliphatic carboxylic acids is 2. The van der Waals surface area contributed by atoms with Crippen LogP contribution in [0, 0.1) is 17.0 Å². The molecule has 19 heavy (non-hydrogen) atoms. The average molecular weight is 268 g/mol. The first-order chi connectivity index (χ1) is 8.82. The predicted octanol–water partition coefficient (Wildman–Crippen LogP) is 1.24. The first-order valence-electron chi connectivity index (χ1n) is 5.28. The van der Waals surface area contributed by atoms with E-state index in [2.05, 4.69) is 5.32 Å². The summed E-state index contributed by atoms with van der Waals surface area (Å²) in [5.41, 5.74) is 0.0762. The van der Waals surface area contributed by atoms with Crippen molar-refractivity contribution in [2.75, 3.05) is 5.32 Å². The molecule has 1 rings (SSSR count). The summed E-state index contributed by atoms with van der Waals surface area (Å²) in [7, 11) is 0. The van der Waals surface area contributed by atoms with Crippen molar-refractivity contribution in [2.45, 2.75) is 19.4 Å². The molecule has 0 aliphatic rings. The number of carbonyl (C=O) groups is 2. The zero-order valence-corrected chi connectivity index (χ0v) is 9.99. The molecule has 0 amide bonds. The molecule has 0 heterocycles. The van der Waals surface area contributed by atoms with Gasteiger partial charge in [-0.1, -0.05) is 12.1 Å². The maximum Gasteiger partial charge on any atom is 0.326 e. The molecule has 1 unspecified atom stereocenters. The number of nitro benzene ring substituents is 1. The second kappa shape index (κ2) is 5.80. The minimum Gasteiger partial charge on any atom is -0.481 e. The first kappa shape index (κ1) is 14.4. The van der Waals surface area contributed by atoms with Crippen LogP contribution in [0.4, 0.5) is 11.4 Å². The van der Waals surface area contributed by atoms with Crippen LogP contribution in [0.5, 0.6) is 0 Å². The van der Waals surface area contributed by atoms with Gasteiger partial charge in [0.25, 0.3) is 5.69 Å². The number of nitro groups is 1. The summed E-state index contributed by atoms with van der Waals surface area (Å²) in [5, 5.41) is 30.8. The quantitative estimate of drug-likeness (QED) is 0.522. The van der Waals surface area contributed by atoms with Gasteiger partial charge in [0, 0.05) is 5.56 Å². The molecule has 102 valence electrons. The van der Waals surface area contributed by atoms with Crippen molar-refractivity contribution in [1.82, 2.24) is 0 Å². The van der Waals surface area contributed by atoms with E-state index in [0.717, 1.165) is 0 Å². The third kappa shape index (κ3) is 3.66. The van der Waals surface area contributed by atoms with E-state index in [-0.39, 0.29) is 11.4 Å². The van der Waals surface area contributed by atoms with Crippen LogP contribution in [-0.2, 0) is 9.59 Å². The number of aryl methyl sites for hydroxylation is 1. The third-order valence-electron chi connectivity index (χ3n) is 2.43. The van der Waals surface area contributed by atoms with Gasteiger partial charge in [-0.15, -0.1) is 0 Å². The Morgan fingerprint density at radius 1 is 1.42 bits per heavy atom. The smallest absolute Gasteiger partial charge is 0.326 e. The van der Waals surface area contributed by atoms with Crippen molar-refractivity contribution in [2.24, 2.45) is 0 Å². The number of benzene rings is 1. The molecule has 0 aromatic heterocycles. The van der Waals surface area contributed by atoms with E-state index in [4.69, 9.17) is 10.2 Å². The van der Waals surface area contributed by atoms with Crippen LogP contribution in [0.2, 0.25) is 0 Å². The fraction of sp³-hybridized carbons (Fsp3) is 0.273. The molecule has 1 atom stereocenters. The minimum atomic E-state index is -1.43. The van der Waals surface area contributed by atoms with Gasteiger partial charge in [-0.3, -0.25) is 14.9 Å². The SMILES string of the molecule is Cc1cccc(NC(CC(=O)O)C(=O)O)c1[N+](=O)[O-]. The summed E-state index contributed by atoms with van der Waals surface area (Å²) < 4.78 is 0. The lowest BCUT2D eigenvalue weighted by molar-refractivity contribution is -0.384. The number of para-hydroxylation sites is 1. The van der Waals surface area contributed by atoms with Gasteiger partial charge in [-0.05, 0) is 13.0 Å². The fourth-order valence-electron chi connectivity index (χ4n) is 1.58. The summed E-state index contributed by atoms with van der Waals surface area (Å²) in [6.07, 6.45) is -0.680. The lowest BCUT2D eigenvalue weighted by atomic mass is 10.1. The monoisotopic (exact) mass is 268 g/mol. The molecule has 8 nitrogen and oxygen atoms in total. The zero-order valence-electron chi connectivity index (χ0n) is 9.99. The number of carboxylic acid groups (broad SMARTS) is 2. The molecule has 0 saturated heterocycles. The minimum absolute atomic E-state index is 0.0151. The standard InChI is InChI=1S/C11H12N2O6/c1-6-3-2-4-7(10(6)13(18)19)12-8(11(16)17)5-9(14)15/h2-4,8,12H,5H2,1H3,(H,14,15)(H,16,17). The van der Waals surface area contributed by atoms with Gasteiger partial charge in [0.15, 0.2) is 0 Å². The normalized spacial score (nSPS) is 11.6. The maximum atomic E-state index is 10.9. The van der Waals surface area contributed by atoms with Crippen LogP contribution in [0.25, 0.3) is 0 Å². The molecular formula is C11H12N2O6. The maximum absolute atomic E-state index is 10.9. The molecular weight excluding hydrogens is 256 g/mol. The van der Waals surface area contributed by atoms with E-state index < -0.39 is 29.3 Å². The predicted molar refractivity (Wildman–Crippen MR) is 65.1 cm³/mol. The van der Waals surface area contributed by atoms with Crippen molar-refractivity contribution in [1.29, 1.82) is 0 Å². The zero-order chi connectivity index (χ0) is 14.6. The van der Waals surface area contributed by atoms with E-state index in [9.17, 15) is 19.7 Å². The number of nitrogens with one attached hydrogen (secondary N) is 1. The summed E-state index contributed by atoms with van der Waals surface area (Å²) in [6.45, 7) is 1.51. The molecule has 0 spiro atoms. The summed E-state index contributed by atoms with van der Waals surface area (Å²) >= 11 is 0. The molecule has 0 bridgehead atoms. The van der Waals surface area contributed by atoms with Crippen LogP contribution in [0.1, 0.15) is 12.0 Å². The van der Waals surface area contributed by atoms with Gasteiger partial charge in [0.05, 0.1) is 11.3 Å². The van der Waals surface area contributed by atoms with Gasteiger partial charge in [-0.2, -0.15) is 0 Å². The number of anilines is 1. The van der Waals surface area contributed by atoms with E-state index in [1.807, 2.05) is 0 Å². The van der Waals surface area contributed by atoms with Crippen LogP contribution < -0.4 is 5.32 Å². The van der Waals surface area contributed by atoms with Crippen molar-refractivity contribution < 1.29 is 24.7 Å². The Kier molecular flexibility index (Phi) is 4.41. The Morgan fingerprint density at radius 3 is 2.53 bits per heavy atom. The second-order valence-electron chi connectivity index (χ2n) is 3.86. The number of nitrogens with zero attached hydrogens (tertiary/aromatic N) is 1. The first-order valence-corrected chi connectivity index (χ1v) is 5.28. The largest absolute Gasteiger partial charge is 0.481 e. The van der Waals surface area contributed by atoms with Crippen LogP contribution in [-0.4, -0.2) is 33.1 Å². The highest BCUT2D eigenvalue weighted by molar-refractivity contribution is 5.84. The third-order valence-corrected chi connectivity index (χ3v) is 2.43. The van der Waals surface area contributed by atoms with Crippen molar-refractivity contribution in [3.05, 3.63) is 33.9 Å². The van der Waals surface area contributed by atoms with E-state index in [0.29, 0.717) is 5.56 Å². The highest BCUT2D eigenvalue weighted by atomic mass is 16.6. The molecule has 0 saturated carbocycles. The topological polar surface area (TPSA) is 130 Å². The molecule has 3 N–H and O–H groups in total. The Bertz CT molecular complexity index is 528. The van der Waals surface area contributed by atoms with E-state index in [1.165, 1.54) is 25.1 Å². The Morgan fingerprint density at radius 2 is 2.05 bits per heavy atom. The van der Waals surface area contributed by atoms with Gasteiger partial charge in [-0.25, -0.2) is 4.79 Å². The molecule has 0 radical (unpaired) electrons. The van der Waals surface area contributed by atoms with E-state index in [1.54, 1.807) is 0 Å². The average Bonchev–Trinajstić information content (AvgIpc) is 2.26. The summed E-state index contributed by atoms with van der Waals surface area (Å²) in [4.78, 5) is 31.7. The van der Waals surface area contributed by atoms with Crippen LogP contribution in [0.3, 0.4) is 0 Å². The molecule has 1 aromatic rings. The molecule has 8 heteroatoms. The Balaban J connectivity index is 3.09. The molecule has 1 aromatic carbocycles. The van der Waals surface area contributed by atoms with Gasteiger partial charge >= 0.3 is 11.9 Å². The van der Waals surface area contributed by atoms with Gasteiger partial charge < -0.3 is 15.5 Å². The Labute approximate surface area is 107 Å². The fourth-order valence-corrected chi connectivity index (χ4v) is 1.58. The number of carboxylic acids is 2. The highest BCUT2D eigenvalue weighted by Gasteiger charge is 2.25. The van der Waals surface area contributed by atoms with Crippen molar-refractivity contribution in [3.8, 4) is 0 Å². The number of hydrogen-bond acceptors (Lipinski definition) is 5. The summed E-state index contributed by atoms with van der Waals surface area (Å²) in [5.74, 6) is -2.70. The van der Waals surface area contributed by atoms with Gasteiger partial charge in [0.2, 0.25) is 0 Å². The molecule has 0 aliphatic carbocycles. The highest BCUT2D eigenvalue weighted by Crippen LogP contribution is 2.28. The Hall–Kier alpha value is -2.64. The van der Waals surface area contributed by atoms with Crippen molar-refractivity contribution in [3.63, 3.8) is 0 Å². The lowest BCUT2D eigenvalue weighted by Gasteiger charge is -2.14. The number of rotatable bonds is 6.